The highest BCUT2D eigenvalue weighted by molar-refractivity contribution is 5.64. The predicted octanol–water partition coefficient (Wildman–Crippen LogP) is 2.40. The standard InChI is InChI=1S/C11H14F3N3O2/c1-2-16(6-5-15)9-4-3-8(11(12,13)14)7-10(9)17(18)19/h3-4,7H,2,5-6,15H2,1H3. The van der Waals surface area contributed by atoms with Crippen molar-refractivity contribution in [2.24, 2.45) is 5.73 Å². The van der Waals surface area contributed by atoms with Crippen molar-refractivity contribution in [2.45, 2.75) is 13.1 Å². The number of hydrogen-bond acceptors (Lipinski definition) is 4. The van der Waals surface area contributed by atoms with Crippen LogP contribution in [-0.2, 0) is 6.18 Å². The molecule has 0 unspecified atom stereocenters. The highest BCUT2D eigenvalue weighted by Gasteiger charge is 2.33. The van der Waals surface area contributed by atoms with Crippen LogP contribution in [0.15, 0.2) is 18.2 Å². The molecule has 0 amide bonds. The van der Waals surface area contributed by atoms with Crippen molar-refractivity contribution in [2.75, 3.05) is 24.5 Å². The van der Waals surface area contributed by atoms with Gasteiger partial charge in [-0.25, -0.2) is 0 Å². The molecule has 0 aromatic heterocycles. The molecule has 0 heterocycles. The Morgan fingerprint density at radius 1 is 1.42 bits per heavy atom. The van der Waals surface area contributed by atoms with Crippen molar-refractivity contribution in [3.8, 4) is 0 Å². The van der Waals surface area contributed by atoms with Crippen LogP contribution in [0.5, 0.6) is 0 Å². The molecule has 0 bridgehead atoms. The van der Waals surface area contributed by atoms with E-state index in [1.54, 1.807) is 11.8 Å². The summed E-state index contributed by atoms with van der Waals surface area (Å²) in [4.78, 5) is 11.7. The van der Waals surface area contributed by atoms with Crippen molar-refractivity contribution in [3.63, 3.8) is 0 Å². The largest absolute Gasteiger partial charge is 0.416 e. The van der Waals surface area contributed by atoms with E-state index in [-0.39, 0.29) is 12.2 Å². The molecule has 0 spiro atoms. The highest BCUT2D eigenvalue weighted by Crippen LogP contribution is 2.36. The van der Waals surface area contributed by atoms with Crippen LogP contribution < -0.4 is 10.6 Å². The SMILES string of the molecule is CCN(CCN)c1ccc(C(F)(F)F)cc1[N+](=O)[O-]. The van der Waals surface area contributed by atoms with Gasteiger partial charge in [-0.1, -0.05) is 0 Å². The van der Waals surface area contributed by atoms with E-state index in [0.717, 1.165) is 12.1 Å². The van der Waals surface area contributed by atoms with Crippen LogP contribution in [0.3, 0.4) is 0 Å². The molecule has 0 aliphatic heterocycles. The third kappa shape index (κ3) is 3.57. The Bertz CT molecular complexity index is 463. The Morgan fingerprint density at radius 3 is 2.47 bits per heavy atom. The molecule has 1 aromatic carbocycles. The lowest BCUT2D eigenvalue weighted by atomic mass is 10.1. The smallest absolute Gasteiger partial charge is 0.365 e. The Kier molecular flexibility index (Phi) is 4.71. The number of nitrogens with zero attached hydrogens (tertiary/aromatic N) is 2. The maximum atomic E-state index is 12.5. The van der Waals surface area contributed by atoms with Crippen LogP contribution in [0.25, 0.3) is 0 Å². The summed E-state index contributed by atoms with van der Waals surface area (Å²) in [6, 6.07) is 2.50. The minimum Gasteiger partial charge on any atom is -0.365 e. The van der Waals surface area contributed by atoms with E-state index in [2.05, 4.69) is 0 Å². The van der Waals surface area contributed by atoms with Crippen molar-refractivity contribution >= 4 is 11.4 Å². The fourth-order valence-corrected chi connectivity index (χ4v) is 1.72. The number of benzene rings is 1. The van der Waals surface area contributed by atoms with E-state index in [1.807, 2.05) is 0 Å². The van der Waals surface area contributed by atoms with Crippen LogP contribution >= 0.6 is 0 Å². The van der Waals surface area contributed by atoms with Gasteiger partial charge in [-0.15, -0.1) is 0 Å². The highest BCUT2D eigenvalue weighted by atomic mass is 19.4. The van der Waals surface area contributed by atoms with E-state index in [1.165, 1.54) is 0 Å². The maximum Gasteiger partial charge on any atom is 0.416 e. The average molecular weight is 277 g/mol. The number of nitro benzene ring substituents is 1. The molecule has 0 atom stereocenters. The number of rotatable bonds is 5. The van der Waals surface area contributed by atoms with E-state index in [0.29, 0.717) is 19.2 Å². The van der Waals surface area contributed by atoms with Crippen LogP contribution in [0.2, 0.25) is 0 Å². The van der Waals surface area contributed by atoms with E-state index in [4.69, 9.17) is 5.73 Å². The summed E-state index contributed by atoms with van der Waals surface area (Å²) in [5, 5.41) is 10.9. The zero-order chi connectivity index (χ0) is 14.6. The third-order valence-electron chi connectivity index (χ3n) is 2.62. The van der Waals surface area contributed by atoms with Crippen LogP contribution in [0, 0.1) is 10.1 Å². The van der Waals surface area contributed by atoms with E-state index >= 15 is 0 Å². The molecule has 1 aromatic rings. The fraction of sp³-hybridized carbons (Fsp3) is 0.455. The van der Waals surface area contributed by atoms with Gasteiger partial charge >= 0.3 is 6.18 Å². The number of anilines is 1. The molecule has 19 heavy (non-hydrogen) atoms. The number of nitro groups is 1. The summed E-state index contributed by atoms with van der Waals surface area (Å²) < 4.78 is 37.6. The molecule has 0 aliphatic rings. The lowest BCUT2D eigenvalue weighted by Crippen LogP contribution is -2.29. The summed E-state index contributed by atoms with van der Waals surface area (Å²) in [6.45, 7) is 2.76. The average Bonchev–Trinajstić information content (AvgIpc) is 2.34. The van der Waals surface area contributed by atoms with Crippen LogP contribution in [0.1, 0.15) is 12.5 Å². The van der Waals surface area contributed by atoms with Crippen molar-refractivity contribution in [1.82, 2.24) is 0 Å². The van der Waals surface area contributed by atoms with Gasteiger partial charge in [0.2, 0.25) is 0 Å². The van der Waals surface area contributed by atoms with Gasteiger partial charge in [-0.2, -0.15) is 13.2 Å². The minimum atomic E-state index is -4.60. The molecule has 106 valence electrons. The minimum absolute atomic E-state index is 0.144. The van der Waals surface area contributed by atoms with Gasteiger partial charge in [0.15, 0.2) is 0 Å². The van der Waals surface area contributed by atoms with Gasteiger partial charge in [0.25, 0.3) is 5.69 Å². The zero-order valence-corrected chi connectivity index (χ0v) is 10.3. The first kappa shape index (κ1) is 15.2. The quantitative estimate of drug-likeness (QED) is 0.662. The van der Waals surface area contributed by atoms with Gasteiger partial charge in [0, 0.05) is 25.7 Å². The zero-order valence-electron chi connectivity index (χ0n) is 10.3. The molecule has 0 saturated heterocycles. The first-order valence-electron chi connectivity index (χ1n) is 5.62. The topological polar surface area (TPSA) is 72.4 Å². The normalized spacial score (nSPS) is 11.4. The first-order chi connectivity index (χ1) is 8.81. The summed E-state index contributed by atoms with van der Waals surface area (Å²) in [5.74, 6) is 0. The van der Waals surface area contributed by atoms with Gasteiger partial charge in [-0.05, 0) is 19.1 Å². The summed E-state index contributed by atoms with van der Waals surface area (Å²) >= 11 is 0. The van der Waals surface area contributed by atoms with Gasteiger partial charge in [0.1, 0.15) is 5.69 Å². The van der Waals surface area contributed by atoms with Crippen molar-refractivity contribution < 1.29 is 18.1 Å². The number of hydrogen-bond donors (Lipinski definition) is 1. The van der Waals surface area contributed by atoms with Gasteiger partial charge in [0.05, 0.1) is 10.5 Å². The molecule has 2 N–H and O–H groups in total. The summed E-state index contributed by atoms with van der Waals surface area (Å²) in [5.41, 5.74) is 3.92. The summed E-state index contributed by atoms with van der Waals surface area (Å²) in [6.07, 6.45) is -4.60. The molecule has 8 heteroatoms. The second-order valence-corrected chi connectivity index (χ2v) is 3.83. The number of likely N-dealkylation sites (N-methyl/N-ethyl adjacent to an activating group) is 1. The molecule has 5 nitrogen and oxygen atoms in total. The second kappa shape index (κ2) is 5.87. The molecule has 0 fully saturated rings. The number of nitrogens with two attached hydrogens (primary N) is 1. The molecule has 1 rings (SSSR count). The number of alkyl halides is 3. The second-order valence-electron chi connectivity index (χ2n) is 3.83. The monoisotopic (exact) mass is 277 g/mol. The van der Waals surface area contributed by atoms with Crippen molar-refractivity contribution in [3.05, 3.63) is 33.9 Å². The summed E-state index contributed by atoms with van der Waals surface area (Å²) in [7, 11) is 0. The van der Waals surface area contributed by atoms with Gasteiger partial charge in [-0.3, -0.25) is 10.1 Å². The van der Waals surface area contributed by atoms with Gasteiger partial charge < -0.3 is 10.6 Å². The lowest BCUT2D eigenvalue weighted by Gasteiger charge is -2.22. The fourth-order valence-electron chi connectivity index (χ4n) is 1.72. The maximum absolute atomic E-state index is 12.5. The molecule has 0 saturated carbocycles. The van der Waals surface area contributed by atoms with Crippen LogP contribution in [0.4, 0.5) is 24.5 Å². The van der Waals surface area contributed by atoms with E-state index < -0.39 is 22.4 Å². The Hall–Kier alpha value is -1.83. The van der Waals surface area contributed by atoms with Crippen molar-refractivity contribution in [1.29, 1.82) is 0 Å². The van der Waals surface area contributed by atoms with E-state index in [9.17, 15) is 23.3 Å². The van der Waals surface area contributed by atoms with Crippen LogP contribution in [-0.4, -0.2) is 24.6 Å². The Morgan fingerprint density at radius 2 is 2.05 bits per heavy atom. The Balaban J connectivity index is 3.29. The Labute approximate surface area is 108 Å². The molecular formula is C11H14F3N3O2. The lowest BCUT2D eigenvalue weighted by molar-refractivity contribution is -0.384. The molecular weight excluding hydrogens is 263 g/mol. The molecule has 0 radical (unpaired) electrons. The number of halogens is 3. The molecule has 0 aliphatic carbocycles. The first-order valence-corrected chi connectivity index (χ1v) is 5.62. The predicted molar refractivity (Wildman–Crippen MR) is 65.0 cm³/mol. The third-order valence-corrected chi connectivity index (χ3v) is 2.62.